The van der Waals surface area contributed by atoms with Gasteiger partial charge in [0.1, 0.15) is 5.82 Å². The molecule has 1 aromatic carbocycles. The fraction of sp³-hybridized carbons (Fsp3) is 0. The molecule has 2 aromatic rings. The summed E-state index contributed by atoms with van der Waals surface area (Å²) < 4.78 is 14.2. The molecule has 0 saturated heterocycles. The summed E-state index contributed by atoms with van der Waals surface area (Å²) in [5, 5.41) is 0. The molecule has 0 atom stereocenters. The lowest BCUT2D eigenvalue weighted by Crippen LogP contribution is -1.86. The van der Waals surface area contributed by atoms with Crippen molar-refractivity contribution in [3.63, 3.8) is 0 Å². The first-order valence-electron chi connectivity index (χ1n) is 4.14. The molecule has 0 bridgehead atoms. The monoisotopic (exact) mass is 251 g/mol. The van der Waals surface area contributed by atoms with Crippen LogP contribution in [0.3, 0.4) is 0 Å². The number of nitrogens with zero attached hydrogens (tertiary/aromatic N) is 1. The van der Waals surface area contributed by atoms with Crippen molar-refractivity contribution < 1.29 is 4.39 Å². The number of rotatable bonds is 1. The topological polar surface area (TPSA) is 12.9 Å². The van der Waals surface area contributed by atoms with E-state index in [-0.39, 0.29) is 5.82 Å². The van der Waals surface area contributed by atoms with Gasteiger partial charge in [-0.05, 0) is 30.3 Å². The van der Waals surface area contributed by atoms with Crippen LogP contribution in [0.25, 0.3) is 11.3 Å². The maximum atomic E-state index is 13.4. The van der Waals surface area contributed by atoms with Gasteiger partial charge in [-0.1, -0.05) is 22.0 Å². The Labute approximate surface area is 89.7 Å². The summed E-state index contributed by atoms with van der Waals surface area (Å²) in [6, 6.07) is 10.2. The number of halogens is 2. The van der Waals surface area contributed by atoms with Gasteiger partial charge in [-0.25, -0.2) is 4.39 Å². The molecule has 14 heavy (non-hydrogen) atoms. The minimum Gasteiger partial charge on any atom is -0.256 e. The summed E-state index contributed by atoms with van der Waals surface area (Å²) in [5.41, 5.74) is 1.16. The lowest BCUT2D eigenvalue weighted by molar-refractivity contribution is 0.630. The van der Waals surface area contributed by atoms with Crippen molar-refractivity contribution in [2.75, 3.05) is 0 Å². The SMILES string of the molecule is Fc1ccc(Br)cc1-c1ccccn1. The number of hydrogen-bond donors (Lipinski definition) is 0. The third kappa shape index (κ3) is 1.82. The van der Waals surface area contributed by atoms with E-state index in [1.807, 2.05) is 6.07 Å². The fourth-order valence-electron chi connectivity index (χ4n) is 1.22. The molecule has 0 spiro atoms. The van der Waals surface area contributed by atoms with Crippen LogP contribution < -0.4 is 0 Å². The van der Waals surface area contributed by atoms with E-state index < -0.39 is 0 Å². The summed E-state index contributed by atoms with van der Waals surface area (Å²) in [7, 11) is 0. The molecule has 1 heterocycles. The maximum Gasteiger partial charge on any atom is 0.132 e. The molecule has 70 valence electrons. The Bertz CT molecular complexity index is 442. The highest BCUT2D eigenvalue weighted by atomic mass is 79.9. The van der Waals surface area contributed by atoms with Crippen molar-refractivity contribution >= 4 is 15.9 Å². The lowest BCUT2D eigenvalue weighted by atomic mass is 10.1. The molecule has 0 N–H and O–H groups in total. The average molecular weight is 252 g/mol. The van der Waals surface area contributed by atoms with E-state index in [4.69, 9.17) is 0 Å². The molecule has 0 amide bonds. The Hall–Kier alpha value is -1.22. The van der Waals surface area contributed by atoms with Gasteiger partial charge in [0.2, 0.25) is 0 Å². The van der Waals surface area contributed by atoms with E-state index in [2.05, 4.69) is 20.9 Å². The van der Waals surface area contributed by atoms with Gasteiger partial charge in [-0.3, -0.25) is 4.98 Å². The number of benzene rings is 1. The molecular weight excluding hydrogens is 245 g/mol. The zero-order chi connectivity index (χ0) is 9.97. The van der Waals surface area contributed by atoms with Gasteiger partial charge in [0, 0.05) is 16.2 Å². The van der Waals surface area contributed by atoms with E-state index in [1.165, 1.54) is 6.07 Å². The standard InChI is InChI=1S/C11H7BrFN/c12-8-4-5-10(13)9(7-8)11-3-1-2-6-14-11/h1-7H. The molecule has 0 aliphatic carbocycles. The highest BCUT2D eigenvalue weighted by Crippen LogP contribution is 2.24. The van der Waals surface area contributed by atoms with Crippen molar-refractivity contribution in [2.24, 2.45) is 0 Å². The third-order valence-corrected chi connectivity index (χ3v) is 2.36. The first kappa shape index (κ1) is 9.34. The third-order valence-electron chi connectivity index (χ3n) is 1.87. The summed E-state index contributed by atoms with van der Waals surface area (Å²) >= 11 is 3.30. The fourth-order valence-corrected chi connectivity index (χ4v) is 1.58. The molecule has 1 nitrogen and oxygen atoms in total. The molecule has 0 aliphatic rings. The predicted octanol–water partition coefficient (Wildman–Crippen LogP) is 3.65. The van der Waals surface area contributed by atoms with Crippen LogP contribution in [0.2, 0.25) is 0 Å². The molecule has 3 heteroatoms. The second-order valence-corrected chi connectivity index (χ2v) is 3.75. The van der Waals surface area contributed by atoms with Gasteiger partial charge in [0.25, 0.3) is 0 Å². The summed E-state index contributed by atoms with van der Waals surface area (Å²) in [4.78, 5) is 4.09. The highest BCUT2D eigenvalue weighted by molar-refractivity contribution is 9.10. The second-order valence-electron chi connectivity index (χ2n) is 2.84. The van der Waals surface area contributed by atoms with Crippen LogP contribution in [0.5, 0.6) is 0 Å². The lowest BCUT2D eigenvalue weighted by Gasteiger charge is -2.02. The predicted molar refractivity (Wildman–Crippen MR) is 57.3 cm³/mol. The highest BCUT2D eigenvalue weighted by Gasteiger charge is 2.05. The molecule has 0 unspecified atom stereocenters. The van der Waals surface area contributed by atoms with Crippen molar-refractivity contribution in [1.29, 1.82) is 0 Å². The van der Waals surface area contributed by atoms with Crippen LogP contribution in [0.1, 0.15) is 0 Å². The summed E-state index contributed by atoms with van der Waals surface area (Å²) in [5.74, 6) is -0.257. The number of pyridine rings is 1. The van der Waals surface area contributed by atoms with Crippen molar-refractivity contribution in [1.82, 2.24) is 4.98 Å². The van der Waals surface area contributed by atoms with E-state index >= 15 is 0 Å². The second kappa shape index (κ2) is 3.88. The normalized spacial score (nSPS) is 10.1. The van der Waals surface area contributed by atoms with Gasteiger partial charge in [-0.15, -0.1) is 0 Å². The first-order chi connectivity index (χ1) is 6.77. The van der Waals surface area contributed by atoms with Gasteiger partial charge < -0.3 is 0 Å². The molecule has 0 aliphatic heterocycles. The van der Waals surface area contributed by atoms with Crippen LogP contribution in [0.15, 0.2) is 47.1 Å². The summed E-state index contributed by atoms with van der Waals surface area (Å²) in [6.07, 6.45) is 1.65. The Morgan fingerprint density at radius 2 is 2.00 bits per heavy atom. The van der Waals surface area contributed by atoms with Crippen LogP contribution in [0.4, 0.5) is 4.39 Å². The molecule has 1 aromatic heterocycles. The Kier molecular flexibility index (Phi) is 2.59. The van der Waals surface area contributed by atoms with Gasteiger partial charge >= 0.3 is 0 Å². The largest absolute Gasteiger partial charge is 0.256 e. The van der Waals surface area contributed by atoms with E-state index in [9.17, 15) is 4.39 Å². The quantitative estimate of drug-likeness (QED) is 0.754. The van der Waals surface area contributed by atoms with Gasteiger partial charge in [-0.2, -0.15) is 0 Å². The maximum absolute atomic E-state index is 13.4. The van der Waals surface area contributed by atoms with E-state index in [0.29, 0.717) is 11.3 Å². The smallest absolute Gasteiger partial charge is 0.132 e. The zero-order valence-electron chi connectivity index (χ0n) is 7.24. The Morgan fingerprint density at radius 3 is 2.71 bits per heavy atom. The van der Waals surface area contributed by atoms with Crippen molar-refractivity contribution in [3.05, 3.63) is 52.9 Å². The minimum atomic E-state index is -0.257. The Balaban J connectivity index is 2.57. The van der Waals surface area contributed by atoms with Crippen molar-refractivity contribution in [3.8, 4) is 11.3 Å². The van der Waals surface area contributed by atoms with Gasteiger partial charge in [0.05, 0.1) is 5.69 Å². The zero-order valence-corrected chi connectivity index (χ0v) is 8.83. The average Bonchev–Trinajstić information content (AvgIpc) is 2.23. The van der Waals surface area contributed by atoms with Crippen molar-refractivity contribution in [2.45, 2.75) is 0 Å². The number of aromatic nitrogens is 1. The molecule has 0 fully saturated rings. The van der Waals surface area contributed by atoms with Crippen LogP contribution in [-0.4, -0.2) is 4.98 Å². The molecular formula is C11H7BrFN. The van der Waals surface area contributed by atoms with Gasteiger partial charge in [0.15, 0.2) is 0 Å². The van der Waals surface area contributed by atoms with E-state index in [1.54, 1.807) is 30.5 Å². The van der Waals surface area contributed by atoms with E-state index in [0.717, 1.165) is 4.47 Å². The minimum absolute atomic E-state index is 0.257. The first-order valence-corrected chi connectivity index (χ1v) is 4.93. The van der Waals surface area contributed by atoms with Crippen LogP contribution in [-0.2, 0) is 0 Å². The molecule has 0 radical (unpaired) electrons. The Morgan fingerprint density at radius 1 is 1.14 bits per heavy atom. The van der Waals surface area contributed by atoms with Crippen LogP contribution in [0, 0.1) is 5.82 Å². The van der Waals surface area contributed by atoms with Crippen LogP contribution >= 0.6 is 15.9 Å². The molecule has 2 rings (SSSR count). The number of hydrogen-bond acceptors (Lipinski definition) is 1. The summed E-state index contributed by atoms with van der Waals surface area (Å²) in [6.45, 7) is 0. The molecule has 0 saturated carbocycles.